The normalized spacial score (nSPS) is 10.6. The first kappa shape index (κ1) is 14.2. The van der Waals surface area contributed by atoms with Crippen LogP contribution in [-0.2, 0) is 13.5 Å². The van der Waals surface area contributed by atoms with E-state index in [9.17, 15) is 8.78 Å². The average molecular weight is 281 g/mol. The van der Waals surface area contributed by atoms with Crippen LogP contribution < -0.4 is 10.6 Å². The minimum atomic E-state index is -0.704. The number of nitrogens with one attached hydrogen (secondary N) is 2. The van der Waals surface area contributed by atoms with Crippen molar-refractivity contribution in [2.75, 3.05) is 23.7 Å². The topological polar surface area (TPSA) is 54.8 Å². The first-order valence-electron chi connectivity index (χ1n) is 6.42. The van der Waals surface area contributed by atoms with E-state index in [0.29, 0.717) is 19.5 Å². The highest BCUT2D eigenvalue weighted by Gasteiger charge is 2.11. The van der Waals surface area contributed by atoms with Crippen LogP contribution in [0.2, 0.25) is 0 Å². The molecule has 0 aliphatic heterocycles. The van der Waals surface area contributed by atoms with E-state index in [0.717, 1.165) is 11.8 Å². The lowest BCUT2D eigenvalue weighted by Gasteiger charge is -2.09. The van der Waals surface area contributed by atoms with Gasteiger partial charge in [0, 0.05) is 38.8 Å². The van der Waals surface area contributed by atoms with Crippen molar-refractivity contribution in [1.82, 2.24) is 14.8 Å². The molecule has 0 saturated heterocycles. The van der Waals surface area contributed by atoms with E-state index in [1.807, 2.05) is 26.2 Å². The van der Waals surface area contributed by atoms with Crippen LogP contribution in [-0.4, -0.2) is 27.9 Å². The van der Waals surface area contributed by atoms with E-state index in [1.165, 1.54) is 0 Å². The van der Waals surface area contributed by atoms with Crippen molar-refractivity contribution in [1.29, 1.82) is 0 Å². The molecule has 0 spiro atoms. The van der Waals surface area contributed by atoms with Gasteiger partial charge in [-0.25, -0.2) is 13.8 Å². The largest absolute Gasteiger partial charge is 0.368 e. The maximum atomic E-state index is 13.6. The Morgan fingerprint density at radius 3 is 2.50 bits per heavy atom. The summed E-state index contributed by atoms with van der Waals surface area (Å²) in [7, 11) is 1.83. The summed E-state index contributed by atoms with van der Waals surface area (Å²) in [5.41, 5.74) is 0.898. The van der Waals surface area contributed by atoms with Crippen molar-refractivity contribution < 1.29 is 8.78 Å². The SMILES string of the molecule is CCNc1nc(NCCc2ccn(C)n2)c(F)cc1F. The fourth-order valence-corrected chi connectivity index (χ4v) is 1.79. The van der Waals surface area contributed by atoms with Crippen LogP contribution in [0.1, 0.15) is 12.6 Å². The van der Waals surface area contributed by atoms with E-state index in [2.05, 4.69) is 20.7 Å². The third-order valence-electron chi connectivity index (χ3n) is 2.72. The lowest BCUT2D eigenvalue weighted by atomic mass is 10.3. The maximum Gasteiger partial charge on any atom is 0.168 e. The summed E-state index contributed by atoms with van der Waals surface area (Å²) in [5.74, 6) is -1.31. The number of hydrogen-bond donors (Lipinski definition) is 2. The summed E-state index contributed by atoms with van der Waals surface area (Å²) >= 11 is 0. The smallest absolute Gasteiger partial charge is 0.168 e. The van der Waals surface area contributed by atoms with Gasteiger partial charge in [0.05, 0.1) is 5.69 Å². The van der Waals surface area contributed by atoms with Gasteiger partial charge in [-0.1, -0.05) is 0 Å². The molecule has 20 heavy (non-hydrogen) atoms. The van der Waals surface area contributed by atoms with Gasteiger partial charge in [0.2, 0.25) is 0 Å². The first-order valence-corrected chi connectivity index (χ1v) is 6.42. The second kappa shape index (κ2) is 6.31. The van der Waals surface area contributed by atoms with Crippen molar-refractivity contribution >= 4 is 11.6 Å². The van der Waals surface area contributed by atoms with E-state index in [1.54, 1.807) is 4.68 Å². The zero-order valence-corrected chi connectivity index (χ0v) is 11.5. The Balaban J connectivity index is 1.99. The Bertz CT molecular complexity index is 582. The van der Waals surface area contributed by atoms with Gasteiger partial charge in [0.15, 0.2) is 23.3 Å². The molecule has 2 aromatic heterocycles. The fourth-order valence-electron chi connectivity index (χ4n) is 1.79. The van der Waals surface area contributed by atoms with Crippen LogP contribution >= 0.6 is 0 Å². The molecule has 0 saturated carbocycles. The molecule has 2 rings (SSSR count). The highest BCUT2D eigenvalue weighted by molar-refractivity contribution is 5.47. The molecule has 7 heteroatoms. The minimum absolute atomic E-state index is 0.0401. The second-order valence-electron chi connectivity index (χ2n) is 4.34. The van der Waals surface area contributed by atoms with Crippen molar-refractivity contribution in [3.8, 4) is 0 Å². The fraction of sp³-hybridized carbons (Fsp3) is 0.385. The molecule has 5 nitrogen and oxygen atoms in total. The summed E-state index contributed by atoms with van der Waals surface area (Å²) in [6.45, 7) is 2.81. The molecule has 0 aliphatic rings. The molecule has 0 radical (unpaired) electrons. The molecule has 0 bridgehead atoms. The van der Waals surface area contributed by atoms with Gasteiger partial charge < -0.3 is 10.6 Å². The first-order chi connectivity index (χ1) is 9.60. The van der Waals surface area contributed by atoms with Gasteiger partial charge in [-0.3, -0.25) is 4.68 Å². The highest BCUT2D eigenvalue weighted by Crippen LogP contribution is 2.18. The molecular weight excluding hydrogens is 264 g/mol. The molecule has 2 N–H and O–H groups in total. The van der Waals surface area contributed by atoms with Crippen LogP contribution in [0.4, 0.5) is 20.4 Å². The third-order valence-corrected chi connectivity index (χ3v) is 2.72. The number of rotatable bonds is 6. The molecule has 0 unspecified atom stereocenters. The van der Waals surface area contributed by atoms with Gasteiger partial charge in [0.1, 0.15) is 0 Å². The quantitative estimate of drug-likeness (QED) is 0.852. The van der Waals surface area contributed by atoms with E-state index in [-0.39, 0.29) is 11.6 Å². The second-order valence-corrected chi connectivity index (χ2v) is 4.34. The van der Waals surface area contributed by atoms with Crippen molar-refractivity contribution in [2.24, 2.45) is 7.05 Å². The van der Waals surface area contributed by atoms with Crippen LogP contribution in [0, 0.1) is 11.6 Å². The number of halogens is 2. The molecule has 0 atom stereocenters. The van der Waals surface area contributed by atoms with Crippen LogP contribution in [0.15, 0.2) is 18.3 Å². The monoisotopic (exact) mass is 281 g/mol. The maximum absolute atomic E-state index is 13.6. The summed E-state index contributed by atoms with van der Waals surface area (Å²) < 4.78 is 28.7. The lowest BCUT2D eigenvalue weighted by molar-refractivity contribution is 0.578. The molecular formula is C13H17F2N5. The standard InChI is InChI=1S/C13H17F2N5/c1-3-16-12-10(14)8-11(15)13(18-12)17-6-4-9-5-7-20(2)19-9/h5,7-8H,3-4,6H2,1-2H3,(H2,16,17,18). The molecule has 2 aromatic rings. The van der Waals surface area contributed by atoms with Crippen molar-refractivity contribution in [3.05, 3.63) is 35.7 Å². The van der Waals surface area contributed by atoms with Crippen molar-refractivity contribution in [2.45, 2.75) is 13.3 Å². The Morgan fingerprint density at radius 1 is 1.20 bits per heavy atom. The Labute approximate surface area is 116 Å². The summed E-state index contributed by atoms with van der Waals surface area (Å²) in [6.07, 6.45) is 2.48. The number of anilines is 2. The minimum Gasteiger partial charge on any atom is -0.368 e. The Morgan fingerprint density at radius 2 is 1.90 bits per heavy atom. The number of nitrogens with zero attached hydrogens (tertiary/aromatic N) is 3. The third kappa shape index (κ3) is 3.43. The molecule has 0 amide bonds. The van der Waals surface area contributed by atoms with E-state index < -0.39 is 11.6 Å². The lowest BCUT2D eigenvalue weighted by Crippen LogP contribution is -2.11. The molecule has 108 valence electrons. The summed E-state index contributed by atoms with van der Waals surface area (Å²) in [4.78, 5) is 3.90. The highest BCUT2D eigenvalue weighted by atomic mass is 19.1. The van der Waals surface area contributed by atoms with Gasteiger partial charge in [0.25, 0.3) is 0 Å². The number of aromatic nitrogens is 3. The van der Waals surface area contributed by atoms with Crippen LogP contribution in [0.3, 0.4) is 0 Å². The van der Waals surface area contributed by atoms with Gasteiger partial charge in [-0.2, -0.15) is 5.10 Å². The van der Waals surface area contributed by atoms with Gasteiger partial charge >= 0.3 is 0 Å². The van der Waals surface area contributed by atoms with E-state index in [4.69, 9.17) is 0 Å². The Hall–Kier alpha value is -2.18. The summed E-state index contributed by atoms with van der Waals surface area (Å²) in [6, 6.07) is 2.72. The Kier molecular flexibility index (Phi) is 4.49. The van der Waals surface area contributed by atoms with E-state index >= 15 is 0 Å². The predicted octanol–water partition coefficient (Wildman–Crippen LogP) is 2.18. The summed E-state index contributed by atoms with van der Waals surface area (Å²) in [5, 5.41) is 9.82. The van der Waals surface area contributed by atoms with Crippen LogP contribution in [0.5, 0.6) is 0 Å². The predicted molar refractivity (Wildman–Crippen MR) is 73.7 cm³/mol. The molecule has 0 aliphatic carbocycles. The zero-order chi connectivity index (χ0) is 14.5. The number of hydrogen-bond acceptors (Lipinski definition) is 4. The molecule has 0 fully saturated rings. The average Bonchev–Trinajstić information content (AvgIpc) is 2.81. The molecule has 0 aromatic carbocycles. The number of pyridine rings is 1. The zero-order valence-electron chi connectivity index (χ0n) is 11.5. The van der Waals surface area contributed by atoms with Crippen molar-refractivity contribution in [3.63, 3.8) is 0 Å². The number of aryl methyl sites for hydroxylation is 1. The van der Waals surface area contributed by atoms with Crippen LogP contribution in [0.25, 0.3) is 0 Å². The van der Waals surface area contributed by atoms with Gasteiger partial charge in [-0.05, 0) is 13.0 Å². The molecule has 2 heterocycles. The van der Waals surface area contributed by atoms with Gasteiger partial charge in [-0.15, -0.1) is 0 Å².